The lowest BCUT2D eigenvalue weighted by molar-refractivity contribution is 0.434. The lowest BCUT2D eigenvalue weighted by Gasteiger charge is -2.12. The van der Waals surface area contributed by atoms with Gasteiger partial charge >= 0.3 is 0 Å². The summed E-state index contributed by atoms with van der Waals surface area (Å²) in [6.07, 6.45) is 2.58. The van der Waals surface area contributed by atoms with Gasteiger partial charge in [0.2, 0.25) is 0 Å². The molecule has 2 atom stereocenters. The smallest absolute Gasteiger partial charge is 0.0200 e. The summed E-state index contributed by atoms with van der Waals surface area (Å²) >= 11 is 0. The van der Waals surface area contributed by atoms with E-state index in [-0.39, 0.29) is 0 Å². The molecule has 10 heavy (non-hydrogen) atoms. The van der Waals surface area contributed by atoms with Gasteiger partial charge in [-0.25, -0.2) is 0 Å². The predicted molar refractivity (Wildman–Crippen MR) is 46.7 cm³/mol. The van der Waals surface area contributed by atoms with Gasteiger partial charge in [0.05, 0.1) is 0 Å². The minimum absolute atomic E-state index is 0.574. The van der Waals surface area contributed by atoms with Crippen molar-refractivity contribution in [1.82, 2.24) is 0 Å². The van der Waals surface area contributed by atoms with E-state index in [1.54, 1.807) is 0 Å². The molecule has 0 radical (unpaired) electrons. The summed E-state index contributed by atoms with van der Waals surface area (Å²) in [5.41, 5.74) is 0. The first-order valence-corrected chi connectivity index (χ1v) is 4.14. The summed E-state index contributed by atoms with van der Waals surface area (Å²) in [7, 11) is 0. The fourth-order valence-corrected chi connectivity index (χ4v) is 1.08. The van der Waals surface area contributed by atoms with E-state index in [2.05, 4.69) is 32.6 Å². The van der Waals surface area contributed by atoms with E-state index in [0.717, 1.165) is 5.92 Å². The first-order chi connectivity index (χ1) is 4.72. The Morgan fingerprint density at radius 2 is 1.90 bits per heavy atom. The van der Waals surface area contributed by atoms with Crippen molar-refractivity contribution in [2.45, 2.75) is 40.5 Å². The zero-order valence-electron chi connectivity index (χ0n) is 7.57. The lowest BCUT2D eigenvalue weighted by atomic mass is 9.92. The molecule has 58 valence electrons. The molecule has 0 fully saturated rings. The van der Waals surface area contributed by atoms with Crippen LogP contribution in [0.25, 0.3) is 0 Å². The molecule has 0 bridgehead atoms. The van der Waals surface area contributed by atoms with Crippen LogP contribution in [0.5, 0.6) is 0 Å². The Kier molecular flexibility index (Phi) is 5.12. The Labute approximate surface area is 65.0 Å². The molecule has 0 aromatic heterocycles. The minimum Gasteiger partial charge on any atom is -0.106 e. The molecule has 0 spiro atoms. The van der Waals surface area contributed by atoms with E-state index in [4.69, 9.17) is 0 Å². The van der Waals surface area contributed by atoms with Gasteiger partial charge in [0.1, 0.15) is 0 Å². The molecule has 0 aliphatic rings. The van der Waals surface area contributed by atoms with Crippen molar-refractivity contribution in [2.75, 3.05) is 0 Å². The molecule has 0 saturated heterocycles. The van der Waals surface area contributed by atoms with Crippen LogP contribution in [0.1, 0.15) is 40.5 Å². The molecule has 0 N–H and O–H groups in total. The Balaban J connectivity index is 3.66. The maximum Gasteiger partial charge on any atom is 0.0200 e. The fraction of sp³-hybridized carbons (Fsp3) is 0.800. The zero-order valence-corrected chi connectivity index (χ0v) is 7.57. The highest BCUT2D eigenvalue weighted by molar-refractivity contribution is 5.00. The zero-order chi connectivity index (χ0) is 7.98. The normalized spacial score (nSPS) is 15.2. The van der Waals surface area contributed by atoms with E-state index in [1.165, 1.54) is 12.8 Å². The largest absolute Gasteiger partial charge is 0.106 e. The van der Waals surface area contributed by atoms with Crippen molar-refractivity contribution in [1.29, 1.82) is 0 Å². The molecule has 0 rings (SSSR count). The van der Waals surface area contributed by atoms with Crippen LogP contribution in [0.15, 0.2) is 0 Å². The molecule has 0 unspecified atom stereocenters. The summed E-state index contributed by atoms with van der Waals surface area (Å²) in [6, 6.07) is 0. The molecule has 0 aliphatic carbocycles. The van der Waals surface area contributed by atoms with Crippen molar-refractivity contribution >= 4 is 0 Å². The Morgan fingerprint density at radius 3 is 2.30 bits per heavy atom. The highest BCUT2D eigenvalue weighted by Crippen LogP contribution is 2.15. The summed E-state index contributed by atoms with van der Waals surface area (Å²) in [4.78, 5) is 0. The number of hydrogen-bond acceptors (Lipinski definition) is 0. The van der Waals surface area contributed by atoms with Crippen molar-refractivity contribution in [3.05, 3.63) is 0 Å². The highest BCUT2D eigenvalue weighted by atomic mass is 14.1. The Hall–Kier alpha value is -0.440. The molecular weight excluding hydrogens is 120 g/mol. The first-order valence-electron chi connectivity index (χ1n) is 4.14. The average Bonchev–Trinajstić information content (AvgIpc) is 1.89. The highest BCUT2D eigenvalue weighted by Gasteiger charge is 2.06. The van der Waals surface area contributed by atoms with Crippen molar-refractivity contribution in [3.63, 3.8) is 0 Å². The minimum atomic E-state index is 0.574. The van der Waals surface area contributed by atoms with Gasteiger partial charge in [0.25, 0.3) is 0 Å². The molecule has 0 nitrogen and oxygen atoms in total. The molecule has 0 aliphatic heterocycles. The Morgan fingerprint density at radius 1 is 1.30 bits per heavy atom. The first kappa shape index (κ1) is 9.56. The summed E-state index contributed by atoms with van der Waals surface area (Å²) in [6.45, 7) is 8.62. The van der Waals surface area contributed by atoms with Crippen LogP contribution in [-0.2, 0) is 0 Å². The van der Waals surface area contributed by atoms with Crippen LogP contribution in [0.3, 0.4) is 0 Å². The van der Waals surface area contributed by atoms with Crippen molar-refractivity contribution in [3.8, 4) is 11.8 Å². The van der Waals surface area contributed by atoms with Gasteiger partial charge < -0.3 is 0 Å². The number of rotatable bonds is 3. The molecular formula is C10H18. The van der Waals surface area contributed by atoms with Crippen LogP contribution in [0, 0.1) is 23.7 Å². The molecule has 0 aromatic rings. The van der Waals surface area contributed by atoms with E-state index in [9.17, 15) is 0 Å². The SMILES string of the molecule is CC#C[C@H](C)[C@@H](C)CCC. The third-order valence-corrected chi connectivity index (χ3v) is 1.97. The molecule has 0 saturated carbocycles. The van der Waals surface area contributed by atoms with Crippen LogP contribution >= 0.6 is 0 Å². The third-order valence-electron chi connectivity index (χ3n) is 1.97. The van der Waals surface area contributed by atoms with E-state index in [0.29, 0.717) is 5.92 Å². The average molecular weight is 138 g/mol. The van der Waals surface area contributed by atoms with Crippen molar-refractivity contribution in [2.24, 2.45) is 11.8 Å². The van der Waals surface area contributed by atoms with Gasteiger partial charge in [0.15, 0.2) is 0 Å². The van der Waals surface area contributed by atoms with Crippen LogP contribution in [0.2, 0.25) is 0 Å². The van der Waals surface area contributed by atoms with Gasteiger partial charge in [0, 0.05) is 5.92 Å². The summed E-state index contributed by atoms with van der Waals surface area (Å²) in [5, 5.41) is 0. The second kappa shape index (κ2) is 5.35. The molecule has 0 amide bonds. The van der Waals surface area contributed by atoms with Crippen LogP contribution < -0.4 is 0 Å². The topological polar surface area (TPSA) is 0 Å². The quantitative estimate of drug-likeness (QED) is 0.526. The van der Waals surface area contributed by atoms with Crippen molar-refractivity contribution < 1.29 is 0 Å². The predicted octanol–water partition coefficient (Wildman–Crippen LogP) is 3.08. The maximum absolute atomic E-state index is 3.18. The van der Waals surface area contributed by atoms with E-state index < -0.39 is 0 Å². The van der Waals surface area contributed by atoms with Gasteiger partial charge in [-0.05, 0) is 19.3 Å². The fourth-order valence-electron chi connectivity index (χ4n) is 1.08. The standard InChI is InChI=1S/C10H18/c1-5-7-9(3)10(4)8-6-2/h9-10H,5,7H2,1-4H3/t9-,10-/m0/s1. The lowest BCUT2D eigenvalue weighted by Crippen LogP contribution is -2.04. The summed E-state index contributed by atoms with van der Waals surface area (Å²) < 4.78 is 0. The van der Waals surface area contributed by atoms with E-state index in [1.807, 2.05) is 6.92 Å². The van der Waals surface area contributed by atoms with Gasteiger partial charge in [-0.15, -0.1) is 11.8 Å². The molecule has 0 heteroatoms. The monoisotopic (exact) mass is 138 g/mol. The van der Waals surface area contributed by atoms with Crippen LogP contribution in [0.4, 0.5) is 0 Å². The van der Waals surface area contributed by atoms with Gasteiger partial charge in [-0.3, -0.25) is 0 Å². The van der Waals surface area contributed by atoms with Crippen LogP contribution in [-0.4, -0.2) is 0 Å². The molecule has 0 heterocycles. The van der Waals surface area contributed by atoms with Gasteiger partial charge in [-0.1, -0.05) is 27.2 Å². The number of hydrogen-bond donors (Lipinski definition) is 0. The maximum atomic E-state index is 3.18. The third kappa shape index (κ3) is 3.56. The van der Waals surface area contributed by atoms with Gasteiger partial charge in [-0.2, -0.15) is 0 Å². The summed E-state index contributed by atoms with van der Waals surface area (Å²) in [5.74, 6) is 7.47. The second-order valence-corrected chi connectivity index (χ2v) is 2.95. The second-order valence-electron chi connectivity index (χ2n) is 2.95. The Bertz CT molecular complexity index is 125. The molecule has 0 aromatic carbocycles. The van der Waals surface area contributed by atoms with E-state index >= 15 is 0 Å².